The molecule has 124 valence electrons. The SMILES string of the molecule is COc1ccc(CC[C@H](C)NCCCN2CCOCC2)cc1. The average Bonchev–Trinajstić information content (AvgIpc) is 2.58. The minimum absolute atomic E-state index is 0.562. The Bertz CT molecular complexity index is 402. The zero-order valence-corrected chi connectivity index (χ0v) is 14.0. The van der Waals surface area contributed by atoms with E-state index in [9.17, 15) is 0 Å². The molecule has 0 aliphatic carbocycles. The van der Waals surface area contributed by atoms with E-state index in [4.69, 9.17) is 9.47 Å². The summed E-state index contributed by atoms with van der Waals surface area (Å²) in [5, 5.41) is 3.63. The van der Waals surface area contributed by atoms with Gasteiger partial charge in [-0.3, -0.25) is 4.90 Å². The molecule has 2 rings (SSSR count). The molecule has 1 aliphatic rings. The van der Waals surface area contributed by atoms with Crippen molar-refractivity contribution in [3.05, 3.63) is 29.8 Å². The topological polar surface area (TPSA) is 33.7 Å². The summed E-state index contributed by atoms with van der Waals surface area (Å²) in [7, 11) is 1.71. The molecule has 0 radical (unpaired) electrons. The summed E-state index contributed by atoms with van der Waals surface area (Å²) in [5.41, 5.74) is 1.38. The predicted molar refractivity (Wildman–Crippen MR) is 90.7 cm³/mol. The molecule has 0 spiro atoms. The van der Waals surface area contributed by atoms with Crippen molar-refractivity contribution in [3.63, 3.8) is 0 Å². The third kappa shape index (κ3) is 6.34. The number of hydrogen-bond donors (Lipinski definition) is 1. The van der Waals surface area contributed by atoms with Crippen LogP contribution >= 0.6 is 0 Å². The monoisotopic (exact) mass is 306 g/mol. The summed E-state index contributed by atoms with van der Waals surface area (Å²) < 4.78 is 10.6. The summed E-state index contributed by atoms with van der Waals surface area (Å²) in [6.45, 7) is 8.53. The van der Waals surface area contributed by atoms with E-state index in [2.05, 4.69) is 29.3 Å². The Morgan fingerprint density at radius 2 is 1.95 bits per heavy atom. The number of methoxy groups -OCH3 is 1. The number of aryl methyl sites for hydroxylation is 1. The molecular weight excluding hydrogens is 276 g/mol. The summed E-state index contributed by atoms with van der Waals surface area (Å²) in [4.78, 5) is 2.49. The fourth-order valence-electron chi connectivity index (χ4n) is 2.75. The molecule has 0 aromatic heterocycles. The van der Waals surface area contributed by atoms with Gasteiger partial charge in [0.05, 0.1) is 20.3 Å². The molecule has 1 heterocycles. The fourth-order valence-corrected chi connectivity index (χ4v) is 2.75. The van der Waals surface area contributed by atoms with E-state index in [1.807, 2.05) is 12.1 Å². The Hall–Kier alpha value is -1.10. The van der Waals surface area contributed by atoms with E-state index in [1.54, 1.807) is 7.11 Å². The lowest BCUT2D eigenvalue weighted by atomic mass is 10.1. The quantitative estimate of drug-likeness (QED) is 0.710. The lowest BCUT2D eigenvalue weighted by Crippen LogP contribution is -2.38. The summed E-state index contributed by atoms with van der Waals surface area (Å²) >= 11 is 0. The van der Waals surface area contributed by atoms with Gasteiger partial charge in [-0.1, -0.05) is 12.1 Å². The summed E-state index contributed by atoms with van der Waals surface area (Å²) in [6.07, 6.45) is 3.50. The standard InChI is InChI=1S/C18H30N2O2/c1-16(4-5-17-6-8-18(21-2)9-7-17)19-10-3-11-20-12-14-22-15-13-20/h6-9,16,19H,3-5,10-15H2,1-2H3/t16-/m0/s1. The van der Waals surface area contributed by atoms with Gasteiger partial charge in [0.25, 0.3) is 0 Å². The lowest BCUT2D eigenvalue weighted by Gasteiger charge is -2.26. The highest BCUT2D eigenvalue weighted by molar-refractivity contribution is 5.27. The van der Waals surface area contributed by atoms with Crippen molar-refractivity contribution in [2.75, 3.05) is 46.5 Å². The van der Waals surface area contributed by atoms with Crippen LogP contribution in [0, 0.1) is 0 Å². The molecule has 0 unspecified atom stereocenters. The van der Waals surface area contributed by atoms with Crippen LogP contribution < -0.4 is 10.1 Å². The van der Waals surface area contributed by atoms with Gasteiger partial charge in [-0.2, -0.15) is 0 Å². The van der Waals surface area contributed by atoms with Crippen LogP contribution in [0.15, 0.2) is 24.3 Å². The maximum absolute atomic E-state index is 5.37. The van der Waals surface area contributed by atoms with Gasteiger partial charge >= 0.3 is 0 Å². The van der Waals surface area contributed by atoms with Gasteiger partial charge in [-0.25, -0.2) is 0 Å². The van der Waals surface area contributed by atoms with Gasteiger partial charge in [0.15, 0.2) is 0 Å². The van der Waals surface area contributed by atoms with Crippen LogP contribution in [0.1, 0.15) is 25.3 Å². The Morgan fingerprint density at radius 3 is 2.64 bits per heavy atom. The molecule has 1 aromatic carbocycles. The highest BCUT2D eigenvalue weighted by Crippen LogP contribution is 2.13. The highest BCUT2D eigenvalue weighted by atomic mass is 16.5. The van der Waals surface area contributed by atoms with Crippen molar-refractivity contribution in [2.45, 2.75) is 32.2 Å². The smallest absolute Gasteiger partial charge is 0.118 e. The fraction of sp³-hybridized carbons (Fsp3) is 0.667. The Balaban J connectivity index is 1.54. The number of rotatable bonds is 9. The molecular formula is C18H30N2O2. The van der Waals surface area contributed by atoms with Gasteiger partial charge in [0.1, 0.15) is 5.75 Å². The van der Waals surface area contributed by atoms with E-state index < -0.39 is 0 Å². The van der Waals surface area contributed by atoms with Gasteiger partial charge in [-0.15, -0.1) is 0 Å². The number of ether oxygens (including phenoxy) is 2. The highest BCUT2D eigenvalue weighted by Gasteiger charge is 2.09. The van der Waals surface area contributed by atoms with Crippen LogP contribution in [-0.4, -0.2) is 57.4 Å². The van der Waals surface area contributed by atoms with Crippen LogP contribution in [0.2, 0.25) is 0 Å². The first kappa shape index (κ1) is 17.3. The molecule has 0 saturated carbocycles. The van der Waals surface area contributed by atoms with Crippen molar-refractivity contribution in [1.29, 1.82) is 0 Å². The number of benzene rings is 1. The van der Waals surface area contributed by atoms with Gasteiger partial charge in [0.2, 0.25) is 0 Å². The normalized spacial score (nSPS) is 17.4. The minimum atomic E-state index is 0.562. The van der Waals surface area contributed by atoms with E-state index in [-0.39, 0.29) is 0 Å². The van der Waals surface area contributed by atoms with Crippen molar-refractivity contribution >= 4 is 0 Å². The van der Waals surface area contributed by atoms with Crippen molar-refractivity contribution < 1.29 is 9.47 Å². The van der Waals surface area contributed by atoms with Crippen molar-refractivity contribution in [1.82, 2.24) is 10.2 Å². The molecule has 22 heavy (non-hydrogen) atoms. The number of hydrogen-bond acceptors (Lipinski definition) is 4. The molecule has 1 aliphatic heterocycles. The first-order valence-electron chi connectivity index (χ1n) is 8.44. The Morgan fingerprint density at radius 1 is 1.23 bits per heavy atom. The molecule has 1 aromatic rings. The molecule has 1 N–H and O–H groups in total. The zero-order chi connectivity index (χ0) is 15.6. The third-order valence-corrected chi connectivity index (χ3v) is 4.27. The molecule has 1 atom stereocenters. The van der Waals surface area contributed by atoms with E-state index in [0.717, 1.165) is 45.0 Å². The summed E-state index contributed by atoms with van der Waals surface area (Å²) in [5.74, 6) is 0.929. The first-order valence-corrected chi connectivity index (χ1v) is 8.44. The number of morpholine rings is 1. The van der Waals surface area contributed by atoms with Crippen LogP contribution in [0.4, 0.5) is 0 Å². The third-order valence-electron chi connectivity index (χ3n) is 4.27. The van der Waals surface area contributed by atoms with E-state index in [0.29, 0.717) is 6.04 Å². The zero-order valence-electron chi connectivity index (χ0n) is 14.0. The minimum Gasteiger partial charge on any atom is -0.497 e. The van der Waals surface area contributed by atoms with Crippen LogP contribution in [-0.2, 0) is 11.2 Å². The Kier molecular flexibility index (Phi) is 7.71. The largest absolute Gasteiger partial charge is 0.497 e. The van der Waals surface area contributed by atoms with Gasteiger partial charge in [0, 0.05) is 19.1 Å². The molecule has 1 saturated heterocycles. The second-order valence-corrected chi connectivity index (χ2v) is 6.05. The van der Waals surface area contributed by atoms with Gasteiger partial charge < -0.3 is 14.8 Å². The van der Waals surface area contributed by atoms with Crippen molar-refractivity contribution in [3.8, 4) is 5.75 Å². The Labute approximate surface area is 134 Å². The second-order valence-electron chi connectivity index (χ2n) is 6.05. The van der Waals surface area contributed by atoms with E-state index in [1.165, 1.54) is 24.9 Å². The van der Waals surface area contributed by atoms with Crippen molar-refractivity contribution in [2.24, 2.45) is 0 Å². The average molecular weight is 306 g/mol. The van der Waals surface area contributed by atoms with Crippen LogP contribution in [0.3, 0.4) is 0 Å². The van der Waals surface area contributed by atoms with Gasteiger partial charge in [-0.05, 0) is 57.0 Å². The summed E-state index contributed by atoms with van der Waals surface area (Å²) in [6, 6.07) is 8.95. The molecule has 0 amide bonds. The van der Waals surface area contributed by atoms with E-state index >= 15 is 0 Å². The molecule has 4 nitrogen and oxygen atoms in total. The lowest BCUT2D eigenvalue weighted by molar-refractivity contribution is 0.0374. The molecule has 0 bridgehead atoms. The van der Waals surface area contributed by atoms with Crippen LogP contribution in [0.25, 0.3) is 0 Å². The second kappa shape index (κ2) is 9.82. The maximum Gasteiger partial charge on any atom is 0.118 e. The first-order chi connectivity index (χ1) is 10.8. The molecule has 4 heteroatoms. The predicted octanol–water partition coefficient (Wildman–Crippen LogP) is 2.33. The maximum atomic E-state index is 5.37. The number of nitrogens with zero attached hydrogens (tertiary/aromatic N) is 1. The molecule has 1 fully saturated rings. The van der Waals surface area contributed by atoms with Crippen LogP contribution in [0.5, 0.6) is 5.75 Å². The number of nitrogens with one attached hydrogen (secondary N) is 1.